The van der Waals surface area contributed by atoms with Gasteiger partial charge in [-0.2, -0.15) is 0 Å². The molecule has 84 valence electrons. The van der Waals surface area contributed by atoms with E-state index in [9.17, 15) is 24.3 Å². The van der Waals surface area contributed by atoms with Gasteiger partial charge in [0.25, 0.3) is 0 Å². The van der Waals surface area contributed by atoms with Crippen molar-refractivity contribution in [2.75, 3.05) is 0 Å². The third kappa shape index (κ3) is 2.36. The van der Waals surface area contributed by atoms with Crippen molar-refractivity contribution in [2.24, 2.45) is 5.92 Å². The van der Waals surface area contributed by atoms with Crippen molar-refractivity contribution >= 4 is 23.1 Å². The number of Topliss-reactive ketones (excluding diaryl/α,β-unsaturated/α-hetero) is 4. The highest BCUT2D eigenvalue weighted by Gasteiger charge is 2.50. The van der Waals surface area contributed by atoms with Crippen molar-refractivity contribution in [3.8, 4) is 0 Å². The van der Waals surface area contributed by atoms with Crippen molar-refractivity contribution in [3.05, 3.63) is 0 Å². The summed E-state index contributed by atoms with van der Waals surface area (Å²) in [7, 11) is 0. The Kier molecular flexibility index (Phi) is 4.04. The molecule has 0 saturated carbocycles. The van der Waals surface area contributed by atoms with Crippen LogP contribution in [0.25, 0.3) is 0 Å². The molecule has 0 heterocycles. The van der Waals surface area contributed by atoms with E-state index in [1.807, 2.05) is 0 Å². The van der Waals surface area contributed by atoms with Gasteiger partial charge in [-0.1, -0.05) is 0 Å². The summed E-state index contributed by atoms with van der Waals surface area (Å²) < 4.78 is 0. The number of ketones is 4. The minimum absolute atomic E-state index is 0.699. The zero-order valence-electron chi connectivity index (χ0n) is 9.16. The van der Waals surface area contributed by atoms with Gasteiger partial charge >= 0.3 is 0 Å². The molecule has 0 aliphatic heterocycles. The van der Waals surface area contributed by atoms with Gasteiger partial charge in [0, 0.05) is 0 Å². The predicted molar refractivity (Wildman–Crippen MR) is 51.2 cm³/mol. The molecule has 0 aliphatic carbocycles. The van der Waals surface area contributed by atoms with Gasteiger partial charge in [0.2, 0.25) is 0 Å². The van der Waals surface area contributed by atoms with E-state index >= 15 is 0 Å². The van der Waals surface area contributed by atoms with Crippen LogP contribution in [0.3, 0.4) is 0 Å². The minimum atomic E-state index is -2.52. The maximum absolute atomic E-state index is 11.2. The van der Waals surface area contributed by atoms with Crippen LogP contribution in [-0.2, 0) is 19.2 Å². The molecule has 1 N–H and O–H groups in total. The van der Waals surface area contributed by atoms with Crippen LogP contribution in [0.4, 0.5) is 0 Å². The second kappa shape index (κ2) is 4.44. The monoisotopic (exact) mass is 214 g/mol. The van der Waals surface area contributed by atoms with Crippen LogP contribution in [-0.4, -0.2) is 33.8 Å². The van der Waals surface area contributed by atoms with Gasteiger partial charge in [0.1, 0.15) is 17.5 Å². The summed E-state index contributed by atoms with van der Waals surface area (Å²) in [6.45, 7) is 4.06. The molecular weight excluding hydrogens is 200 g/mol. The maximum atomic E-state index is 11.2. The van der Waals surface area contributed by atoms with Crippen LogP contribution in [0.2, 0.25) is 0 Å². The van der Waals surface area contributed by atoms with E-state index in [-0.39, 0.29) is 0 Å². The molecular formula is C10H14O5. The summed E-state index contributed by atoms with van der Waals surface area (Å²) in [4.78, 5) is 44.7. The summed E-state index contributed by atoms with van der Waals surface area (Å²) in [5.41, 5.74) is -2.52. The number of hydrogen-bond acceptors (Lipinski definition) is 5. The van der Waals surface area contributed by atoms with Crippen LogP contribution in [0.15, 0.2) is 0 Å². The average molecular weight is 214 g/mol. The summed E-state index contributed by atoms with van der Waals surface area (Å²) in [6.07, 6.45) is 0. The van der Waals surface area contributed by atoms with E-state index in [0.29, 0.717) is 0 Å². The molecule has 0 amide bonds. The molecule has 0 aromatic rings. The van der Waals surface area contributed by atoms with Crippen molar-refractivity contribution in [2.45, 2.75) is 33.3 Å². The molecule has 0 aromatic carbocycles. The van der Waals surface area contributed by atoms with Crippen molar-refractivity contribution in [1.29, 1.82) is 0 Å². The standard InChI is InChI=1S/C10H14O5/c1-5(11)9(6(2)12)10(15,7(3)13)8(4)14/h9,15H,1-4H3. The molecule has 5 nitrogen and oxygen atoms in total. The SMILES string of the molecule is CC(=O)C(C(C)=O)C(O)(C(C)=O)C(C)=O. The van der Waals surface area contributed by atoms with Gasteiger partial charge in [-0.15, -0.1) is 0 Å². The van der Waals surface area contributed by atoms with Gasteiger partial charge in [0.05, 0.1) is 0 Å². The van der Waals surface area contributed by atoms with E-state index in [1.54, 1.807) is 0 Å². The summed E-state index contributed by atoms with van der Waals surface area (Å²) >= 11 is 0. The number of rotatable bonds is 5. The third-order valence-corrected chi connectivity index (χ3v) is 2.30. The largest absolute Gasteiger partial charge is 0.374 e. The van der Waals surface area contributed by atoms with E-state index in [0.717, 1.165) is 27.7 Å². The van der Waals surface area contributed by atoms with Crippen LogP contribution < -0.4 is 0 Å². The summed E-state index contributed by atoms with van der Waals surface area (Å²) in [5.74, 6) is -4.80. The zero-order chi connectivity index (χ0) is 12.4. The molecule has 0 aliphatic rings. The van der Waals surface area contributed by atoms with Gasteiger partial charge in [0.15, 0.2) is 17.2 Å². The molecule has 0 atom stereocenters. The number of carbonyl (C=O) groups is 4. The highest BCUT2D eigenvalue weighted by molar-refractivity contribution is 6.18. The fourth-order valence-electron chi connectivity index (χ4n) is 1.53. The Labute approximate surface area is 87.5 Å². The lowest BCUT2D eigenvalue weighted by atomic mass is 9.77. The van der Waals surface area contributed by atoms with Crippen LogP contribution >= 0.6 is 0 Å². The third-order valence-electron chi connectivity index (χ3n) is 2.30. The molecule has 0 aromatic heterocycles. The van der Waals surface area contributed by atoms with E-state index in [2.05, 4.69) is 0 Å². The van der Waals surface area contributed by atoms with E-state index in [4.69, 9.17) is 0 Å². The Balaban J connectivity index is 5.59. The Bertz CT molecular complexity index is 301. The van der Waals surface area contributed by atoms with Crippen LogP contribution in [0.5, 0.6) is 0 Å². The first-order chi connectivity index (χ1) is 6.65. The van der Waals surface area contributed by atoms with E-state index < -0.39 is 34.7 Å². The van der Waals surface area contributed by atoms with Crippen molar-refractivity contribution in [3.63, 3.8) is 0 Å². The minimum Gasteiger partial charge on any atom is -0.374 e. The Hall–Kier alpha value is -1.36. The number of hydrogen-bond donors (Lipinski definition) is 1. The first-order valence-electron chi connectivity index (χ1n) is 4.41. The van der Waals surface area contributed by atoms with Crippen molar-refractivity contribution < 1.29 is 24.3 Å². The molecule has 0 rings (SSSR count). The lowest BCUT2D eigenvalue weighted by Crippen LogP contribution is -2.55. The summed E-state index contributed by atoms with van der Waals surface area (Å²) in [5, 5.41) is 9.83. The summed E-state index contributed by atoms with van der Waals surface area (Å²) in [6, 6.07) is 0. The normalized spacial score (nSPS) is 11.3. The first kappa shape index (κ1) is 13.6. The second-order valence-corrected chi connectivity index (χ2v) is 3.53. The van der Waals surface area contributed by atoms with Gasteiger partial charge in [-0.05, 0) is 27.7 Å². The topological polar surface area (TPSA) is 88.5 Å². The quantitative estimate of drug-likeness (QED) is 0.634. The molecule has 0 radical (unpaired) electrons. The molecule has 0 fully saturated rings. The van der Waals surface area contributed by atoms with Crippen LogP contribution in [0, 0.1) is 5.92 Å². The Morgan fingerprint density at radius 3 is 1.20 bits per heavy atom. The fraction of sp³-hybridized carbons (Fsp3) is 0.600. The average Bonchev–Trinajstić information content (AvgIpc) is 2.01. The molecule has 0 unspecified atom stereocenters. The highest BCUT2D eigenvalue weighted by Crippen LogP contribution is 2.22. The fourth-order valence-corrected chi connectivity index (χ4v) is 1.53. The smallest absolute Gasteiger partial charge is 0.197 e. The van der Waals surface area contributed by atoms with Crippen molar-refractivity contribution in [1.82, 2.24) is 0 Å². The van der Waals surface area contributed by atoms with Gasteiger partial charge in [-0.25, -0.2) is 0 Å². The lowest BCUT2D eigenvalue weighted by molar-refractivity contribution is -0.162. The van der Waals surface area contributed by atoms with E-state index in [1.165, 1.54) is 0 Å². The highest BCUT2D eigenvalue weighted by atomic mass is 16.3. The number of carbonyl (C=O) groups excluding carboxylic acids is 4. The van der Waals surface area contributed by atoms with Crippen LogP contribution in [0.1, 0.15) is 27.7 Å². The molecule has 15 heavy (non-hydrogen) atoms. The molecule has 5 heteroatoms. The number of aliphatic hydroxyl groups is 1. The zero-order valence-corrected chi connectivity index (χ0v) is 9.16. The second-order valence-electron chi connectivity index (χ2n) is 3.53. The molecule has 0 saturated heterocycles. The van der Waals surface area contributed by atoms with Gasteiger partial charge in [-0.3, -0.25) is 19.2 Å². The van der Waals surface area contributed by atoms with Gasteiger partial charge < -0.3 is 5.11 Å². The predicted octanol–water partition coefficient (Wildman–Crippen LogP) is -0.310. The lowest BCUT2D eigenvalue weighted by Gasteiger charge is -2.28. The Morgan fingerprint density at radius 1 is 0.867 bits per heavy atom. The maximum Gasteiger partial charge on any atom is 0.197 e. The molecule has 0 bridgehead atoms. The molecule has 0 spiro atoms. The Morgan fingerprint density at radius 2 is 1.13 bits per heavy atom. The first-order valence-corrected chi connectivity index (χ1v) is 4.41.